The van der Waals surface area contributed by atoms with Crippen LogP contribution >= 0.6 is 0 Å². The van der Waals surface area contributed by atoms with Gasteiger partial charge in [-0.1, -0.05) is 25.1 Å². The van der Waals surface area contributed by atoms with E-state index in [0.29, 0.717) is 18.0 Å². The molecule has 1 rings (SSSR count). The number of sulfonamides is 1. The molecule has 0 aromatic heterocycles. The van der Waals surface area contributed by atoms with Crippen molar-refractivity contribution in [3.8, 4) is 0 Å². The number of methoxy groups -OCH3 is 1. The molecule has 0 aliphatic heterocycles. The Morgan fingerprint density at radius 2 is 1.94 bits per heavy atom. The summed E-state index contributed by atoms with van der Waals surface area (Å²) in [6.07, 6.45) is 0. The zero-order valence-electron chi connectivity index (χ0n) is 11.4. The molecule has 0 fully saturated rings. The number of benzene rings is 1. The fourth-order valence-corrected chi connectivity index (χ4v) is 3.87. The van der Waals surface area contributed by atoms with Gasteiger partial charge < -0.3 is 4.74 Å². The molecule has 0 spiro atoms. The minimum Gasteiger partial charge on any atom is -0.383 e. The Bertz CT molecular complexity index is 485. The molecule has 0 radical (unpaired) electrons. The smallest absolute Gasteiger partial charge is 0.243 e. The molecule has 0 amide bonds. The first-order valence-corrected chi connectivity index (χ1v) is 7.45. The second-order valence-corrected chi connectivity index (χ2v) is 6.14. The molecule has 0 aliphatic rings. The molecule has 4 nitrogen and oxygen atoms in total. The van der Waals surface area contributed by atoms with E-state index in [4.69, 9.17) is 4.74 Å². The lowest BCUT2D eigenvalue weighted by Gasteiger charge is -2.27. The topological polar surface area (TPSA) is 46.6 Å². The van der Waals surface area contributed by atoms with Gasteiger partial charge in [0.25, 0.3) is 0 Å². The van der Waals surface area contributed by atoms with Crippen molar-refractivity contribution in [2.24, 2.45) is 0 Å². The standard InChI is InChI=1S/C13H21NO3S/c1-5-14(12(3)10-17-4)18(15,16)13-9-7-6-8-11(13)2/h6-9,12H,5,10H2,1-4H3. The lowest BCUT2D eigenvalue weighted by Crippen LogP contribution is -2.41. The van der Waals surface area contributed by atoms with E-state index in [9.17, 15) is 8.42 Å². The van der Waals surface area contributed by atoms with E-state index in [1.165, 1.54) is 4.31 Å². The van der Waals surface area contributed by atoms with Crippen LogP contribution in [0.15, 0.2) is 29.2 Å². The average Bonchev–Trinajstić information content (AvgIpc) is 2.30. The number of nitrogens with zero attached hydrogens (tertiary/aromatic N) is 1. The molecular weight excluding hydrogens is 250 g/mol. The molecule has 0 saturated carbocycles. The number of aryl methyl sites for hydroxylation is 1. The second-order valence-electron chi connectivity index (χ2n) is 4.28. The van der Waals surface area contributed by atoms with Crippen molar-refractivity contribution in [2.45, 2.75) is 31.7 Å². The van der Waals surface area contributed by atoms with Gasteiger partial charge >= 0.3 is 0 Å². The van der Waals surface area contributed by atoms with Crippen LogP contribution < -0.4 is 0 Å². The van der Waals surface area contributed by atoms with E-state index in [0.717, 1.165) is 5.56 Å². The van der Waals surface area contributed by atoms with Crippen molar-refractivity contribution >= 4 is 10.0 Å². The number of ether oxygens (including phenoxy) is 1. The molecule has 1 aromatic rings. The molecule has 1 atom stereocenters. The molecule has 0 aliphatic carbocycles. The van der Waals surface area contributed by atoms with Crippen molar-refractivity contribution in [2.75, 3.05) is 20.3 Å². The van der Waals surface area contributed by atoms with Gasteiger partial charge in [0.05, 0.1) is 11.5 Å². The molecule has 0 N–H and O–H groups in total. The van der Waals surface area contributed by atoms with Crippen LogP contribution in [0.5, 0.6) is 0 Å². The van der Waals surface area contributed by atoms with Crippen molar-refractivity contribution in [3.63, 3.8) is 0 Å². The monoisotopic (exact) mass is 271 g/mol. The minimum atomic E-state index is -3.45. The molecule has 18 heavy (non-hydrogen) atoms. The first kappa shape index (κ1) is 15.1. The molecule has 1 unspecified atom stereocenters. The van der Waals surface area contributed by atoms with Crippen molar-refractivity contribution in [1.29, 1.82) is 0 Å². The Hall–Kier alpha value is -0.910. The summed E-state index contributed by atoms with van der Waals surface area (Å²) in [4.78, 5) is 0.370. The van der Waals surface area contributed by atoms with Crippen LogP contribution in [-0.4, -0.2) is 39.0 Å². The summed E-state index contributed by atoms with van der Waals surface area (Å²) < 4.78 is 31.7. The molecular formula is C13H21NO3S. The first-order valence-electron chi connectivity index (χ1n) is 6.01. The van der Waals surface area contributed by atoms with Gasteiger partial charge in [-0.25, -0.2) is 8.42 Å². The Morgan fingerprint density at radius 1 is 1.33 bits per heavy atom. The largest absolute Gasteiger partial charge is 0.383 e. The Morgan fingerprint density at radius 3 is 2.44 bits per heavy atom. The highest BCUT2D eigenvalue weighted by molar-refractivity contribution is 7.89. The minimum absolute atomic E-state index is 0.176. The van der Waals surface area contributed by atoms with Crippen LogP contribution in [-0.2, 0) is 14.8 Å². The van der Waals surface area contributed by atoms with Gasteiger partial charge in [0.2, 0.25) is 10.0 Å². The van der Waals surface area contributed by atoms with Crippen LogP contribution in [0.4, 0.5) is 0 Å². The van der Waals surface area contributed by atoms with Crippen molar-refractivity contribution < 1.29 is 13.2 Å². The summed E-state index contributed by atoms with van der Waals surface area (Å²) in [5, 5.41) is 0. The van der Waals surface area contributed by atoms with E-state index in [-0.39, 0.29) is 6.04 Å². The van der Waals surface area contributed by atoms with E-state index in [2.05, 4.69) is 0 Å². The second kappa shape index (κ2) is 6.31. The summed E-state index contributed by atoms with van der Waals surface area (Å²) in [6.45, 7) is 6.31. The third-order valence-electron chi connectivity index (χ3n) is 2.89. The maximum Gasteiger partial charge on any atom is 0.243 e. The molecule has 102 valence electrons. The van der Waals surface area contributed by atoms with E-state index in [1.54, 1.807) is 19.2 Å². The zero-order valence-corrected chi connectivity index (χ0v) is 12.2. The van der Waals surface area contributed by atoms with Crippen LogP contribution in [0.2, 0.25) is 0 Å². The fraction of sp³-hybridized carbons (Fsp3) is 0.538. The number of hydrogen-bond donors (Lipinski definition) is 0. The SMILES string of the molecule is CCN(C(C)COC)S(=O)(=O)c1ccccc1C. The molecule has 1 aromatic carbocycles. The summed E-state index contributed by atoms with van der Waals surface area (Å²) in [6, 6.07) is 6.86. The van der Waals surface area contributed by atoms with E-state index >= 15 is 0 Å². The maximum absolute atomic E-state index is 12.6. The Labute approximate surface area is 110 Å². The fourth-order valence-electron chi connectivity index (χ4n) is 2.02. The quantitative estimate of drug-likeness (QED) is 0.795. The average molecular weight is 271 g/mol. The normalized spacial score (nSPS) is 13.8. The summed E-state index contributed by atoms with van der Waals surface area (Å²) >= 11 is 0. The molecule has 0 saturated heterocycles. The lowest BCUT2D eigenvalue weighted by molar-refractivity contribution is 0.142. The number of hydrogen-bond acceptors (Lipinski definition) is 3. The predicted molar refractivity (Wildman–Crippen MR) is 72.1 cm³/mol. The van der Waals surface area contributed by atoms with Gasteiger partial charge in [0.1, 0.15) is 0 Å². The van der Waals surface area contributed by atoms with Crippen LogP contribution in [0.25, 0.3) is 0 Å². The molecule has 5 heteroatoms. The predicted octanol–water partition coefficient (Wildman–Crippen LogP) is 2.04. The van der Waals surface area contributed by atoms with Gasteiger partial charge in [-0.2, -0.15) is 4.31 Å². The third-order valence-corrected chi connectivity index (χ3v) is 5.14. The molecule has 0 heterocycles. The van der Waals surface area contributed by atoms with Crippen LogP contribution in [0.3, 0.4) is 0 Å². The van der Waals surface area contributed by atoms with Gasteiger partial charge in [-0.05, 0) is 25.5 Å². The van der Waals surface area contributed by atoms with Crippen molar-refractivity contribution in [3.05, 3.63) is 29.8 Å². The van der Waals surface area contributed by atoms with E-state index in [1.807, 2.05) is 32.9 Å². The highest BCUT2D eigenvalue weighted by Gasteiger charge is 2.28. The summed E-state index contributed by atoms with van der Waals surface area (Å²) in [7, 11) is -1.88. The van der Waals surface area contributed by atoms with Gasteiger partial charge in [-0.15, -0.1) is 0 Å². The highest BCUT2D eigenvalue weighted by atomic mass is 32.2. The number of likely N-dealkylation sites (N-methyl/N-ethyl adjacent to an activating group) is 1. The van der Waals surface area contributed by atoms with Gasteiger partial charge in [-0.3, -0.25) is 0 Å². The molecule has 0 bridgehead atoms. The van der Waals surface area contributed by atoms with E-state index < -0.39 is 10.0 Å². The van der Waals surface area contributed by atoms with Crippen LogP contribution in [0, 0.1) is 6.92 Å². The summed E-state index contributed by atoms with van der Waals surface area (Å²) in [5.74, 6) is 0. The summed E-state index contributed by atoms with van der Waals surface area (Å²) in [5.41, 5.74) is 0.764. The highest BCUT2D eigenvalue weighted by Crippen LogP contribution is 2.21. The Balaban J connectivity index is 3.15. The maximum atomic E-state index is 12.6. The van der Waals surface area contributed by atoms with Crippen LogP contribution in [0.1, 0.15) is 19.4 Å². The Kier molecular flexibility index (Phi) is 5.31. The lowest BCUT2D eigenvalue weighted by atomic mass is 10.2. The zero-order chi connectivity index (χ0) is 13.8. The van der Waals surface area contributed by atoms with Gasteiger partial charge in [0, 0.05) is 19.7 Å². The van der Waals surface area contributed by atoms with Crippen molar-refractivity contribution in [1.82, 2.24) is 4.31 Å². The first-order chi connectivity index (χ1) is 8.45. The van der Waals surface area contributed by atoms with Gasteiger partial charge in [0.15, 0.2) is 0 Å². The number of rotatable bonds is 6. The third kappa shape index (κ3) is 3.10.